The van der Waals surface area contributed by atoms with E-state index in [-0.39, 0.29) is 16.8 Å². The summed E-state index contributed by atoms with van der Waals surface area (Å²) in [7, 11) is 2.90. The van der Waals surface area contributed by atoms with Gasteiger partial charge in [-0.3, -0.25) is 9.63 Å². The zero-order chi connectivity index (χ0) is 10.7. The molecule has 0 atom stereocenters. The highest BCUT2D eigenvalue weighted by Crippen LogP contribution is 2.18. The first kappa shape index (κ1) is 11.4. The Morgan fingerprint density at radius 3 is 2.86 bits per heavy atom. The van der Waals surface area contributed by atoms with Gasteiger partial charge in [-0.25, -0.2) is 10.0 Å². The first-order valence-electron chi connectivity index (χ1n) is 3.70. The number of amides is 1. The molecule has 0 aromatic carbocycles. The second-order valence-corrected chi connectivity index (χ2v) is 3.69. The Labute approximate surface area is 94.9 Å². The number of hydrogen-bond donors (Lipinski definition) is 0. The van der Waals surface area contributed by atoms with E-state index in [0.717, 1.165) is 5.06 Å². The standard InChI is InChI=1S/C8H8BrClN2O2/c1-12(14-2)8(13)7-5(9)3-4-6(10)11-7/h3-4H,1-2H3. The maximum atomic E-state index is 11.6. The zero-order valence-corrected chi connectivity index (χ0v) is 9.96. The quantitative estimate of drug-likeness (QED) is 0.615. The molecule has 0 saturated heterocycles. The predicted molar refractivity (Wildman–Crippen MR) is 56.0 cm³/mol. The summed E-state index contributed by atoms with van der Waals surface area (Å²) < 4.78 is 0.579. The maximum Gasteiger partial charge on any atom is 0.296 e. The van der Waals surface area contributed by atoms with Crippen molar-refractivity contribution < 1.29 is 9.63 Å². The van der Waals surface area contributed by atoms with Gasteiger partial charge in [0.1, 0.15) is 10.8 Å². The summed E-state index contributed by atoms with van der Waals surface area (Å²) >= 11 is 8.87. The summed E-state index contributed by atoms with van der Waals surface area (Å²) in [6.07, 6.45) is 0. The fourth-order valence-corrected chi connectivity index (χ4v) is 1.34. The van der Waals surface area contributed by atoms with Gasteiger partial charge in [-0.15, -0.1) is 0 Å². The molecular formula is C8H8BrClN2O2. The minimum absolute atomic E-state index is 0.224. The molecule has 0 aliphatic carbocycles. The zero-order valence-electron chi connectivity index (χ0n) is 7.62. The highest BCUT2D eigenvalue weighted by atomic mass is 79.9. The van der Waals surface area contributed by atoms with Gasteiger partial charge < -0.3 is 0 Å². The number of carbonyl (C=O) groups excluding carboxylic acids is 1. The summed E-state index contributed by atoms with van der Waals surface area (Å²) in [6.45, 7) is 0. The molecule has 1 amide bonds. The molecule has 1 aromatic heterocycles. The summed E-state index contributed by atoms with van der Waals surface area (Å²) in [5, 5.41) is 1.34. The largest absolute Gasteiger partial charge is 0.296 e. The third kappa shape index (κ3) is 2.43. The summed E-state index contributed by atoms with van der Waals surface area (Å²) in [4.78, 5) is 20.2. The smallest absolute Gasteiger partial charge is 0.274 e. The SMILES string of the molecule is CON(C)C(=O)c1nc(Cl)ccc1Br. The van der Waals surface area contributed by atoms with Gasteiger partial charge in [0.2, 0.25) is 0 Å². The van der Waals surface area contributed by atoms with Crippen LogP contribution in [0.15, 0.2) is 16.6 Å². The lowest BCUT2D eigenvalue weighted by molar-refractivity contribution is -0.0761. The van der Waals surface area contributed by atoms with Crippen molar-refractivity contribution in [2.75, 3.05) is 14.2 Å². The van der Waals surface area contributed by atoms with Gasteiger partial charge in [0.15, 0.2) is 0 Å². The number of hydrogen-bond acceptors (Lipinski definition) is 3. The van der Waals surface area contributed by atoms with E-state index in [1.54, 1.807) is 12.1 Å². The Morgan fingerprint density at radius 2 is 2.29 bits per heavy atom. The first-order chi connectivity index (χ1) is 6.56. The average molecular weight is 280 g/mol. The molecule has 0 spiro atoms. The molecule has 0 fully saturated rings. The van der Waals surface area contributed by atoms with Crippen LogP contribution in [0, 0.1) is 0 Å². The number of nitrogens with zero attached hydrogens (tertiary/aromatic N) is 2. The molecule has 14 heavy (non-hydrogen) atoms. The Kier molecular flexibility index (Phi) is 3.86. The van der Waals surface area contributed by atoms with Gasteiger partial charge in [-0.05, 0) is 28.1 Å². The van der Waals surface area contributed by atoms with E-state index in [1.807, 2.05) is 0 Å². The molecule has 0 N–H and O–H groups in total. The fraction of sp³-hybridized carbons (Fsp3) is 0.250. The molecule has 0 aliphatic rings. The molecule has 76 valence electrons. The summed E-state index contributed by atoms with van der Waals surface area (Å²) in [6, 6.07) is 3.25. The van der Waals surface area contributed by atoms with Crippen LogP contribution in [0.1, 0.15) is 10.5 Å². The Morgan fingerprint density at radius 1 is 1.64 bits per heavy atom. The first-order valence-corrected chi connectivity index (χ1v) is 4.87. The molecular weight excluding hydrogens is 271 g/mol. The molecule has 0 bridgehead atoms. The summed E-state index contributed by atoms with van der Waals surface area (Å²) in [5.74, 6) is -0.359. The van der Waals surface area contributed by atoms with E-state index in [4.69, 9.17) is 16.4 Å². The Hall–Kier alpha value is -0.650. The van der Waals surface area contributed by atoms with E-state index >= 15 is 0 Å². The van der Waals surface area contributed by atoms with Crippen molar-refractivity contribution in [1.82, 2.24) is 10.0 Å². The summed E-state index contributed by atoms with van der Waals surface area (Å²) in [5.41, 5.74) is 0.224. The highest BCUT2D eigenvalue weighted by Gasteiger charge is 2.16. The molecule has 0 unspecified atom stereocenters. The third-order valence-corrected chi connectivity index (χ3v) is 2.42. The van der Waals surface area contributed by atoms with E-state index in [2.05, 4.69) is 20.9 Å². The highest BCUT2D eigenvalue weighted by molar-refractivity contribution is 9.10. The van der Waals surface area contributed by atoms with Crippen LogP contribution in [0.25, 0.3) is 0 Å². The molecule has 0 radical (unpaired) electrons. The van der Waals surface area contributed by atoms with Crippen LogP contribution >= 0.6 is 27.5 Å². The van der Waals surface area contributed by atoms with E-state index < -0.39 is 0 Å². The van der Waals surface area contributed by atoms with E-state index in [1.165, 1.54) is 14.2 Å². The van der Waals surface area contributed by atoms with Gasteiger partial charge in [0.05, 0.1) is 7.11 Å². The number of halogens is 2. The minimum atomic E-state index is -0.359. The second-order valence-electron chi connectivity index (χ2n) is 2.45. The lowest BCUT2D eigenvalue weighted by atomic mass is 10.3. The predicted octanol–water partition coefficient (Wildman–Crippen LogP) is 2.13. The van der Waals surface area contributed by atoms with Crippen molar-refractivity contribution in [3.63, 3.8) is 0 Å². The normalized spacial score (nSPS) is 10.0. The minimum Gasteiger partial charge on any atom is -0.274 e. The average Bonchev–Trinajstić information content (AvgIpc) is 2.19. The Balaban J connectivity index is 3.06. The molecule has 1 heterocycles. The molecule has 6 heteroatoms. The van der Waals surface area contributed by atoms with Crippen molar-refractivity contribution in [3.8, 4) is 0 Å². The number of hydroxylamine groups is 2. The van der Waals surface area contributed by atoms with Gasteiger partial charge in [0, 0.05) is 11.5 Å². The van der Waals surface area contributed by atoms with Crippen LogP contribution in [-0.2, 0) is 4.84 Å². The second kappa shape index (κ2) is 4.72. The molecule has 0 aliphatic heterocycles. The van der Waals surface area contributed by atoms with Crippen LogP contribution in [0.2, 0.25) is 5.15 Å². The van der Waals surface area contributed by atoms with Crippen molar-refractivity contribution in [2.45, 2.75) is 0 Å². The number of rotatable bonds is 2. The van der Waals surface area contributed by atoms with Crippen LogP contribution in [0.5, 0.6) is 0 Å². The fourth-order valence-electron chi connectivity index (χ4n) is 0.800. The van der Waals surface area contributed by atoms with E-state index in [0.29, 0.717) is 4.47 Å². The topological polar surface area (TPSA) is 42.4 Å². The van der Waals surface area contributed by atoms with Crippen LogP contribution in [0.3, 0.4) is 0 Å². The Bertz CT molecular complexity index is 359. The van der Waals surface area contributed by atoms with Gasteiger partial charge in [-0.2, -0.15) is 0 Å². The van der Waals surface area contributed by atoms with Gasteiger partial charge >= 0.3 is 0 Å². The van der Waals surface area contributed by atoms with Gasteiger partial charge in [0.25, 0.3) is 5.91 Å². The van der Waals surface area contributed by atoms with Gasteiger partial charge in [-0.1, -0.05) is 11.6 Å². The van der Waals surface area contributed by atoms with Crippen molar-refractivity contribution >= 4 is 33.4 Å². The number of aromatic nitrogens is 1. The van der Waals surface area contributed by atoms with Crippen molar-refractivity contribution in [2.24, 2.45) is 0 Å². The van der Waals surface area contributed by atoms with Crippen LogP contribution in [-0.4, -0.2) is 30.1 Å². The van der Waals surface area contributed by atoms with E-state index in [9.17, 15) is 4.79 Å². The van der Waals surface area contributed by atoms with Crippen molar-refractivity contribution in [3.05, 3.63) is 27.5 Å². The maximum absolute atomic E-state index is 11.6. The molecule has 4 nitrogen and oxygen atoms in total. The van der Waals surface area contributed by atoms with Crippen LogP contribution in [0.4, 0.5) is 0 Å². The molecule has 1 rings (SSSR count). The lowest BCUT2D eigenvalue weighted by Gasteiger charge is -2.13. The monoisotopic (exact) mass is 278 g/mol. The third-order valence-electron chi connectivity index (χ3n) is 1.57. The number of pyridine rings is 1. The number of carbonyl (C=O) groups is 1. The molecule has 1 aromatic rings. The molecule has 0 saturated carbocycles. The van der Waals surface area contributed by atoms with Crippen LogP contribution < -0.4 is 0 Å². The van der Waals surface area contributed by atoms with Crippen molar-refractivity contribution in [1.29, 1.82) is 0 Å². The lowest BCUT2D eigenvalue weighted by Crippen LogP contribution is -2.26.